The maximum Gasteiger partial charge on any atom is 0.255 e. The van der Waals surface area contributed by atoms with Crippen LogP contribution < -0.4 is 0 Å². The van der Waals surface area contributed by atoms with Crippen molar-refractivity contribution in [3.05, 3.63) is 18.0 Å². The van der Waals surface area contributed by atoms with E-state index in [1.54, 1.807) is 19.3 Å². The molecular weight excluding hydrogens is 128 g/mol. The van der Waals surface area contributed by atoms with Gasteiger partial charge in [0.15, 0.2) is 0 Å². The van der Waals surface area contributed by atoms with Gasteiger partial charge in [0.2, 0.25) is 0 Å². The fourth-order valence-electron chi connectivity index (χ4n) is 0.610. The Labute approximate surface area is 58.7 Å². The van der Waals surface area contributed by atoms with E-state index < -0.39 is 0 Å². The largest absolute Gasteiger partial charge is 0.277 e. The Morgan fingerprint density at radius 3 is 3.00 bits per heavy atom. The average molecular weight is 134 g/mol. The first-order chi connectivity index (χ1) is 4.74. The SMILES string of the molecule is C#CC(=O)c1ccn(C)n1. The molecule has 0 unspecified atom stereocenters. The molecule has 0 saturated heterocycles. The van der Waals surface area contributed by atoms with E-state index in [1.165, 1.54) is 4.68 Å². The van der Waals surface area contributed by atoms with Crippen LogP contribution in [0.15, 0.2) is 12.3 Å². The molecule has 1 heterocycles. The summed E-state index contributed by atoms with van der Waals surface area (Å²) in [5, 5.41) is 3.81. The van der Waals surface area contributed by atoms with E-state index in [2.05, 4.69) is 5.10 Å². The molecule has 0 aromatic carbocycles. The number of aromatic nitrogens is 2. The molecule has 0 N–H and O–H groups in total. The van der Waals surface area contributed by atoms with Gasteiger partial charge in [-0.1, -0.05) is 0 Å². The zero-order valence-electron chi connectivity index (χ0n) is 5.53. The number of hydrogen-bond acceptors (Lipinski definition) is 2. The van der Waals surface area contributed by atoms with E-state index >= 15 is 0 Å². The lowest BCUT2D eigenvalue weighted by Crippen LogP contribution is -1.97. The second kappa shape index (κ2) is 2.36. The van der Waals surface area contributed by atoms with Crippen LogP contribution >= 0.6 is 0 Å². The standard InChI is InChI=1S/C7H6N2O/c1-3-7(10)6-4-5-9(2)8-6/h1,4-5H,2H3. The lowest BCUT2D eigenvalue weighted by Gasteiger charge is -1.83. The molecule has 1 aromatic rings. The summed E-state index contributed by atoms with van der Waals surface area (Å²) in [6.07, 6.45) is 6.54. The summed E-state index contributed by atoms with van der Waals surface area (Å²) in [5.74, 6) is 1.61. The fourth-order valence-corrected chi connectivity index (χ4v) is 0.610. The van der Waals surface area contributed by atoms with Crippen LogP contribution in [-0.2, 0) is 7.05 Å². The summed E-state index contributed by atoms with van der Waals surface area (Å²) in [6.45, 7) is 0. The molecule has 50 valence electrons. The monoisotopic (exact) mass is 134 g/mol. The first-order valence-corrected chi connectivity index (χ1v) is 2.74. The molecule has 0 amide bonds. The van der Waals surface area contributed by atoms with E-state index in [9.17, 15) is 4.79 Å². The lowest BCUT2D eigenvalue weighted by atomic mass is 10.3. The molecule has 1 aromatic heterocycles. The van der Waals surface area contributed by atoms with Gasteiger partial charge < -0.3 is 0 Å². The van der Waals surface area contributed by atoms with Gasteiger partial charge in [0.25, 0.3) is 5.78 Å². The van der Waals surface area contributed by atoms with Gasteiger partial charge >= 0.3 is 0 Å². The van der Waals surface area contributed by atoms with Gasteiger partial charge in [-0.25, -0.2) is 0 Å². The zero-order valence-corrected chi connectivity index (χ0v) is 5.53. The summed E-state index contributed by atoms with van der Waals surface area (Å²) in [4.78, 5) is 10.7. The third kappa shape index (κ3) is 1.06. The summed E-state index contributed by atoms with van der Waals surface area (Å²) < 4.78 is 1.53. The number of carbonyl (C=O) groups excluding carboxylic acids is 1. The molecule has 0 saturated carbocycles. The third-order valence-corrected chi connectivity index (χ3v) is 1.08. The van der Waals surface area contributed by atoms with Crippen LogP contribution in [0.1, 0.15) is 10.5 Å². The lowest BCUT2D eigenvalue weighted by molar-refractivity contribution is 0.105. The van der Waals surface area contributed by atoms with Gasteiger partial charge in [0.05, 0.1) is 0 Å². The first kappa shape index (κ1) is 6.56. The Morgan fingerprint density at radius 1 is 1.90 bits per heavy atom. The van der Waals surface area contributed by atoms with Crippen LogP contribution in [0.4, 0.5) is 0 Å². The van der Waals surface area contributed by atoms with Crippen molar-refractivity contribution < 1.29 is 4.79 Å². The predicted octanol–water partition coefficient (Wildman–Crippen LogP) is 0.236. The Balaban J connectivity index is 2.98. The molecular formula is C7H6N2O. The van der Waals surface area contributed by atoms with E-state index in [-0.39, 0.29) is 5.78 Å². The first-order valence-electron chi connectivity index (χ1n) is 2.74. The van der Waals surface area contributed by atoms with Gasteiger partial charge in [0.1, 0.15) is 5.69 Å². The van der Waals surface area contributed by atoms with E-state index in [4.69, 9.17) is 6.42 Å². The van der Waals surface area contributed by atoms with Crippen molar-refractivity contribution in [1.29, 1.82) is 0 Å². The average Bonchev–Trinajstić information content (AvgIpc) is 2.34. The van der Waals surface area contributed by atoms with Crippen LogP contribution in [-0.4, -0.2) is 15.6 Å². The minimum absolute atomic E-state index is 0.324. The molecule has 0 fully saturated rings. The van der Waals surface area contributed by atoms with Gasteiger partial charge in [-0.15, -0.1) is 6.42 Å². The predicted molar refractivity (Wildman–Crippen MR) is 36.4 cm³/mol. The Kier molecular flexibility index (Phi) is 1.55. The minimum Gasteiger partial charge on any atom is -0.277 e. The third-order valence-electron chi connectivity index (χ3n) is 1.08. The van der Waals surface area contributed by atoms with Gasteiger partial charge in [-0.3, -0.25) is 9.48 Å². The van der Waals surface area contributed by atoms with E-state index in [1.807, 2.05) is 5.92 Å². The van der Waals surface area contributed by atoms with Crippen molar-refractivity contribution in [2.45, 2.75) is 0 Å². The smallest absolute Gasteiger partial charge is 0.255 e. The normalized spacial score (nSPS) is 8.80. The highest BCUT2D eigenvalue weighted by Crippen LogP contribution is 1.93. The molecule has 3 nitrogen and oxygen atoms in total. The second-order valence-corrected chi connectivity index (χ2v) is 1.85. The molecule has 0 aliphatic heterocycles. The zero-order chi connectivity index (χ0) is 7.56. The van der Waals surface area contributed by atoms with Crippen molar-refractivity contribution in [2.24, 2.45) is 7.05 Å². The van der Waals surface area contributed by atoms with Gasteiger partial charge in [0, 0.05) is 13.2 Å². The minimum atomic E-state index is -0.374. The number of ketones is 1. The number of carbonyl (C=O) groups is 1. The van der Waals surface area contributed by atoms with Crippen LogP contribution in [0.5, 0.6) is 0 Å². The highest BCUT2D eigenvalue weighted by molar-refractivity contribution is 6.07. The van der Waals surface area contributed by atoms with Gasteiger partial charge in [-0.2, -0.15) is 5.10 Å². The van der Waals surface area contributed by atoms with Gasteiger partial charge in [-0.05, 0) is 12.0 Å². The molecule has 0 spiro atoms. The van der Waals surface area contributed by atoms with Crippen LogP contribution in [0.25, 0.3) is 0 Å². The van der Waals surface area contributed by atoms with Crippen molar-refractivity contribution in [3.63, 3.8) is 0 Å². The van der Waals surface area contributed by atoms with Crippen LogP contribution in [0.3, 0.4) is 0 Å². The molecule has 0 radical (unpaired) electrons. The highest BCUT2D eigenvalue weighted by atomic mass is 16.1. The number of hydrogen-bond donors (Lipinski definition) is 0. The summed E-state index contributed by atoms with van der Waals surface area (Å²) in [7, 11) is 1.73. The number of terminal acetylenes is 1. The Bertz CT molecular complexity index is 293. The van der Waals surface area contributed by atoms with Crippen molar-refractivity contribution in [1.82, 2.24) is 9.78 Å². The highest BCUT2D eigenvalue weighted by Gasteiger charge is 2.02. The van der Waals surface area contributed by atoms with Crippen molar-refractivity contribution in [3.8, 4) is 12.3 Å². The number of aryl methyl sites for hydroxylation is 1. The number of nitrogens with zero attached hydrogens (tertiary/aromatic N) is 2. The second-order valence-electron chi connectivity index (χ2n) is 1.85. The molecule has 0 atom stereocenters. The summed E-state index contributed by atoms with van der Waals surface area (Å²) in [5.41, 5.74) is 0.324. The number of rotatable bonds is 1. The molecule has 0 aliphatic carbocycles. The fraction of sp³-hybridized carbons (Fsp3) is 0.143. The number of Topliss-reactive ketones (excluding diaryl/α,β-unsaturated/α-hetero) is 1. The molecule has 0 aliphatic rings. The Hall–Kier alpha value is -1.56. The quantitative estimate of drug-likeness (QED) is 0.313. The molecule has 3 heteroatoms. The molecule has 0 bridgehead atoms. The summed E-state index contributed by atoms with van der Waals surface area (Å²) >= 11 is 0. The van der Waals surface area contributed by atoms with Crippen molar-refractivity contribution in [2.75, 3.05) is 0 Å². The van der Waals surface area contributed by atoms with E-state index in [0.29, 0.717) is 5.69 Å². The van der Waals surface area contributed by atoms with Crippen LogP contribution in [0.2, 0.25) is 0 Å². The topological polar surface area (TPSA) is 34.9 Å². The van der Waals surface area contributed by atoms with E-state index in [0.717, 1.165) is 0 Å². The van der Waals surface area contributed by atoms with Crippen LogP contribution in [0, 0.1) is 12.3 Å². The Morgan fingerprint density at radius 2 is 2.60 bits per heavy atom. The molecule has 1 rings (SSSR count). The molecule has 10 heavy (non-hydrogen) atoms. The van der Waals surface area contributed by atoms with Crippen molar-refractivity contribution >= 4 is 5.78 Å². The maximum absolute atomic E-state index is 10.7. The summed E-state index contributed by atoms with van der Waals surface area (Å²) in [6, 6.07) is 1.59. The maximum atomic E-state index is 10.7.